The number of unbranched alkanes of at least 4 members (excludes halogenated alkanes) is 12. The smallest absolute Gasteiger partial charge is 0.245 e. The third kappa shape index (κ3) is 16.5. The number of nitrogens with one attached hydrogen (secondary N) is 2. The summed E-state index contributed by atoms with van der Waals surface area (Å²) in [6.45, 7) is 4.57. The Hall–Kier alpha value is -4.63. The molecule has 7 atom stereocenters. The zero-order chi connectivity index (χ0) is 46.6. The van der Waals surface area contributed by atoms with Gasteiger partial charge in [0.05, 0.1) is 24.8 Å². The van der Waals surface area contributed by atoms with Crippen LogP contribution < -0.4 is 16.4 Å². The van der Waals surface area contributed by atoms with Crippen LogP contribution in [0.2, 0.25) is 0 Å². The van der Waals surface area contributed by atoms with E-state index in [1.165, 1.54) is 102 Å². The second kappa shape index (κ2) is 26.9. The Bertz CT molecular complexity index is 1740. The number of aliphatic hydroxyl groups excluding tert-OH is 3. The molecule has 2 aliphatic carbocycles. The molecule has 0 spiro atoms. The predicted octanol–water partition coefficient (Wildman–Crippen LogP) is 4.94. The summed E-state index contributed by atoms with van der Waals surface area (Å²) in [5, 5.41) is 37.2. The number of primary amides is 1. The van der Waals surface area contributed by atoms with E-state index in [9.17, 15) is 48.9 Å². The van der Waals surface area contributed by atoms with Crippen LogP contribution >= 0.6 is 0 Å². The Morgan fingerprint density at radius 3 is 2.06 bits per heavy atom. The van der Waals surface area contributed by atoms with E-state index in [2.05, 4.69) is 17.6 Å². The number of hydrogen-bond donors (Lipinski definition) is 6. The van der Waals surface area contributed by atoms with Crippen molar-refractivity contribution in [2.24, 2.45) is 17.6 Å². The maximum absolute atomic E-state index is 14.1. The van der Waals surface area contributed by atoms with E-state index in [1.807, 2.05) is 0 Å². The molecular weight excluding hydrogens is 807 g/mol. The van der Waals surface area contributed by atoms with Gasteiger partial charge in [0, 0.05) is 63.6 Å². The zero-order valence-electron chi connectivity index (χ0n) is 38.4. The highest BCUT2D eigenvalue weighted by Gasteiger charge is 2.39. The van der Waals surface area contributed by atoms with E-state index in [4.69, 9.17) is 5.73 Å². The van der Waals surface area contributed by atoms with Gasteiger partial charge in [-0.25, -0.2) is 0 Å². The van der Waals surface area contributed by atoms with Crippen molar-refractivity contribution in [3.63, 3.8) is 0 Å². The second-order valence-corrected chi connectivity index (χ2v) is 17.8. The molecule has 1 heterocycles. The summed E-state index contributed by atoms with van der Waals surface area (Å²) in [4.78, 5) is 95.3. The SMILES string of the molecule is CCCCCCCCCCCCCCCC(=O)N(C)[C@H](CO)C(=O)N[C@H](C)C(=O)CCC(=O)N(C)[C@@H]1C(=O)C[C@@H](C)C(=O)N[C@H](C(N)=O)CC2=CCC(O)C(=C2)C2=C(O)C=C[C@H]1C2. The largest absolute Gasteiger partial charge is 0.508 e. The summed E-state index contributed by atoms with van der Waals surface area (Å²) >= 11 is 0. The van der Waals surface area contributed by atoms with Gasteiger partial charge in [0.25, 0.3) is 0 Å². The molecule has 0 radical (unpaired) electrons. The number of carbonyl (C=O) groups is 7. The molecule has 0 saturated carbocycles. The molecule has 3 aliphatic rings. The number of rotatable bonds is 24. The molecule has 5 amide bonds. The van der Waals surface area contributed by atoms with Gasteiger partial charge in [-0.2, -0.15) is 0 Å². The molecule has 0 aromatic heterocycles. The minimum absolute atomic E-state index is 0.0461. The summed E-state index contributed by atoms with van der Waals surface area (Å²) in [5.74, 6) is -5.55. The van der Waals surface area contributed by atoms with Crippen molar-refractivity contribution in [2.75, 3.05) is 20.7 Å². The number of Topliss-reactive ketones (excluding diaryl/α,β-unsaturated/α-hetero) is 2. The number of fused-ring (bicyclic) bond motifs is 4. The summed E-state index contributed by atoms with van der Waals surface area (Å²) < 4.78 is 0. The van der Waals surface area contributed by atoms with Crippen molar-refractivity contribution >= 4 is 41.1 Å². The number of likely N-dealkylation sites (N-methyl/N-ethyl adjacent to an activating group) is 2. The Balaban J connectivity index is 1.57. The topological polar surface area (TPSA) is 237 Å². The molecule has 1 unspecified atom stereocenters. The molecule has 7 N–H and O–H groups in total. The number of carbonyl (C=O) groups excluding carboxylic acids is 7. The van der Waals surface area contributed by atoms with Gasteiger partial charge in [-0.1, -0.05) is 109 Å². The van der Waals surface area contributed by atoms with Gasteiger partial charge in [-0.3, -0.25) is 33.6 Å². The highest BCUT2D eigenvalue weighted by Crippen LogP contribution is 2.37. The first kappa shape index (κ1) is 52.7. The molecule has 0 saturated heterocycles. The molecule has 0 aromatic carbocycles. The Kier molecular flexibility index (Phi) is 22.5. The summed E-state index contributed by atoms with van der Waals surface area (Å²) in [7, 11) is 2.88. The first-order chi connectivity index (χ1) is 30.0. The fourth-order valence-corrected chi connectivity index (χ4v) is 8.60. The summed E-state index contributed by atoms with van der Waals surface area (Å²) in [5.41, 5.74) is 7.00. The van der Waals surface area contributed by atoms with Gasteiger partial charge >= 0.3 is 0 Å². The highest BCUT2D eigenvalue weighted by atomic mass is 16.3. The van der Waals surface area contributed by atoms with Crippen LogP contribution in [0, 0.1) is 11.8 Å². The van der Waals surface area contributed by atoms with Crippen molar-refractivity contribution in [1.29, 1.82) is 0 Å². The fourth-order valence-electron chi connectivity index (χ4n) is 8.60. The average Bonchev–Trinajstić information content (AvgIpc) is 3.24. The lowest BCUT2D eigenvalue weighted by atomic mass is 9.78. The molecule has 4 bridgehead atoms. The average molecular weight is 882 g/mol. The predicted molar refractivity (Wildman–Crippen MR) is 241 cm³/mol. The van der Waals surface area contributed by atoms with Gasteiger partial charge in [0.1, 0.15) is 17.8 Å². The quantitative estimate of drug-likeness (QED) is 0.0714. The number of aliphatic hydroxyl groups is 3. The zero-order valence-corrected chi connectivity index (χ0v) is 38.4. The third-order valence-corrected chi connectivity index (χ3v) is 12.8. The van der Waals surface area contributed by atoms with Crippen LogP contribution in [-0.4, -0.2) is 117 Å². The van der Waals surface area contributed by atoms with Crippen LogP contribution in [-0.2, 0) is 33.6 Å². The molecule has 0 fully saturated rings. The van der Waals surface area contributed by atoms with Crippen LogP contribution in [0.1, 0.15) is 149 Å². The lowest BCUT2D eigenvalue weighted by Gasteiger charge is -2.36. The number of allylic oxidation sites excluding steroid dienone is 2. The van der Waals surface area contributed by atoms with E-state index < -0.39 is 83.9 Å². The first-order valence-corrected chi connectivity index (χ1v) is 23.3. The van der Waals surface area contributed by atoms with Crippen molar-refractivity contribution in [2.45, 2.75) is 179 Å². The van der Waals surface area contributed by atoms with E-state index >= 15 is 0 Å². The molecule has 15 heteroatoms. The molecule has 63 heavy (non-hydrogen) atoms. The van der Waals surface area contributed by atoms with Gasteiger partial charge in [-0.05, 0) is 43.4 Å². The lowest BCUT2D eigenvalue weighted by molar-refractivity contribution is -0.142. The van der Waals surface area contributed by atoms with Gasteiger partial charge in [-0.15, -0.1) is 0 Å². The maximum Gasteiger partial charge on any atom is 0.245 e. The minimum Gasteiger partial charge on any atom is -0.508 e. The van der Waals surface area contributed by atoms with Crippen LogP contribution in [0.15, 0.2) is 46.8 Å². The van der Waals surface area contributed by atoms with E-state index in [0.29, 0.717) is 23.1 Å². The standard InChI is InChI=1S/C48H75N5O10/c1-6-7-8-9-10-11-12-13-14-15-16-17-18-19-43(59)52(4)38(30-54)48(63)50-32(3)39(55)24-25-44(60)53(5)45-34-21-23-41(57)36(29-34)35-27-33(20-22-40(35)56)28-37(46(49)61)51-47(62)31(2)26-42(45)58/h20-21,23,27,31-32,34,37-38,40,45,54,56-57H,6-19,22,24-26,28-30H2,1-5H3,(H2,49,61)(H,50,63)(H,51,62)/t31-,32-,34+,37+,38-,40?,45+/m1/s1. The van der Waals surface area contributed by atoms with Crippen LogP contribution in [0.4, 0.5) is 0 Å². The Morgan fingerprint density at radius 2 is 1.48 bits per heavy atom. The number of nitrogens with two attached hydrogens (primary N) is 1. The summed E-state index contributed by atoms with van der Waals surface area (Å²) in [6, 6.07) is -4.49. The monoisotopic (exact) mass is 882 g/mol. The van der Waals surface area contributed by atoms with Crippen molar-refractivity contribution in [3.8, 4) is 0 Å². The number of nitrogens with zero attached hydrogens (tertiary/aromatic N) is 2. The number of hydrogen-bond acceptors (Lipinski definition) is 10. The van der Waals surface area contributed by atoms with Crippen LogP contribution in [0.25, 0.3) is 0 Å². The molecule has 352 valence electrons. The van der Waals surface area contributed by atoms with E-state index in [0.717, 1.165) is 19.3 Å². The van der Waals surface area contributed by atoms with E-state index in [1.54, 1.807) is 18.2 Å². The fraction of sp³-hybridized carbons (Fsp3) is 0.688. The number of ketones is 2. The molecule has 3 rings (SSSR count). The van der Waals surface area contributed by atoms with Gasteiger partial charge in [0.2, 0.25) is 29.5 Å². The summed E-state index contributed by atoms with van der Waals surface area (Å²) in [6.07, 6.45) is 20.3. The van der Waals surface area contributed by atoms with Crippen molar-refractivity contribution < 1.29 is 48.9 Å². The van der Waals surface area contributed by atoms with Gasteiger partial charge < -0.3 is 41.5 Å². The Morgan fingerprint density at radius 1 is 0.873 bits per heavy atom. The lowest BCUT2D eigenvalue weighted by Crippen LogP contribution is -2.53. The Labute approximate surface area is 374 Å². The third-order valence-electron chi connectivity index (χ3n) is 12.8. The molecular formula is C48H75N5O10. The second-order valence-electron chi connectivity index (χ2n) is 17.8. The first-order valence-electron chi connectivity index (χ1n) is 23.3. The van der Waals surface area contributed by atoms with Crippen molar-refractivity contribution in [3.05, 3.63) is 46.8 Å². The maximum atomic E-state index is 14.1. The van der Waals surface area contributed by atoms with Crippen LogP contribution in [0.3, 0.4) is 0 Å². The van der Waals surface area contributed by atoms with Crippen molar-refractivity contribution in [1.82, 2.24) is 20.4 Å². The minimum atomic E-state index is -1.20. The van der Waals surface area contributed by atoms with E-state index in [-0.39, 0.29) is 56.6 Å². The molecule has 0 aromatic rings. The van der Waals surface area contributed by atoms with Crippen LogP contribution in [0.5, 0.6) is 0 Å². The normalized spacial score (nSPS) is 22.5. The number of amides is 5. The molecule has 1 aliphatic heterocycles. The van der Waals surface area contributed by atoms with Gasteiger partial charge in [0.15, 0.2) is 11.6 Å². The highest BCUT2D eigenvalue weighted by molar-refractivity contribution is 5.96. The molecule has 15 nitrogen and oxygen atoms in total.